The van der Waals surface area contributed by atoms with Crippen molar-refractivity contribution in [2.24, 2.45) is 13.0 Å². The number of ketones is 1. The number of aryl methyl sites for hydroxylation is 1. The summed E-state index contributed by atoms with van der Waals surface area (Å²) in [6.07, 6.45) is 2.61. The Morgan fingerprint density at radius 1 is 1.26 bits per heavy atom. The molecule has 4 rings (SSSR count). The molecular weight excluding hydrogens is 482 g/mol. The first kappa shape index (κ1) is 24.5. The highest BCUT2D eigenvalue weighted by Crippen LogP contribution is 2.38. The average molecular weight is 507 g/mol. The molecule has 3 heterocycles. The van der Waals surface area contributed by atoms with E-state index in [9.17, 15) is 18.4 Å². The summed E-state index contributed by atoms with van der Waals surface area (Å²) in [6, 6.07) is 5.57. The summed E-state index contributed by atoms with van der Waals surface area (Å²) in [6.45, 7) is 0.489. The fourth-order valence-corrected chi connectivity index (χ4v) is 5.69. The molecule has 2 N–H and O–H groups in total. The minimum atomic E-state index is -0.917. The summed E-state index contributed by atoms with van der Waals surface area (Å²) >= 11 is 7.58. The topological polar surface area (TPSA) is 76.0 Å². The van der Waals surface area contributed by atoms with Gasteiger partial charge in [-0.3, -0.25) is 14.3 Å². The molecule has 1 aliphatic rings. The third-order valence-corrected chi connectivity index (χ3v) is 7.60. The molecule has 1 saturated heterocycles. The molecule has 0 saturated carbocycles. The van der Waals surface area contributed by atoms with E-state index in [4.69, 9.17) is 11.6 Å². The van der Waals surface area contributed by atoms with Gasteiger partial charge < -0.3 is 10.6 Å². The van der Waals surface area contributed by atoms with Crippen molar-refractivity contribution in [1.82, 2.24) is 20.4 Å². The number of hydrogen-bond donors (Lipinski definition) is 2. The van der Waals surface area contributed by atoms with Gasteiger partial charge >= 0.3 is 0 Å². The number of nitrogens with one attached hydrogen (secondary N) is 2. The van der Waals surface area contributed by atoms with Crippen LogP contribution >= 0.6 is 22.9 Å². The Kier molecular flexibility index (Phi) is 7.45. The van der Waals surface area contributed by atoms with E-state index in [1.165, 1.54) is 17.4 Å². The number of amides is 1. The van der Waals surface area contributed by atoms with Crippen LogP contribution in [0, 0.1) is 17.6 Å². The fourth-order valence-electron chi connectivity index (χ4n) is 4.57. The van der Waals surface area contributed by atoms with E-state index in [1.807, 2.05) is 11.4 Å². The van der Waals surface area contributed by atoms with Crippen molar-refractivity contribution in [3.8, 4) is 11.3 Å². The first-order valence-electron chi connectivity index (χ1n) is 10.9. The maximum atomic E-state index is 14.0. The lowest BCUT2D eigenvalue weighted by molar-refractivity contribution is -0.121. The van der Waals surface area contributed by atoms with Crippen LogP contribution in [0.2, 0.25) is 5.02 Å². The average Bonchev–Trinajstić information content (AvgIpc) is 3.42. The van der Waals surface area contributed by atoms with Crippen LogP contribution in [0.25, 0.3) is 11.3 Å². The molecule has 1 fully saturated rings. The minimum Gasteiger partial charge on any atom is -0.359 e. The summed E-state index contributed by atoms with van der Waals surface area (Å²) in [4.78, 5) is 25.7. The summed E-state index contributed by atoms with van der Waals surface area (Å²) in [7, 11) is 3.36. The van der Waals surface area contributed by atoms with Gasteiger partial charge in [0, 0.05) is 43.9 Å². The number of nitrogens with zero attached hydrogens (tertiary/aromatic N) is 2. The van der Waals surface area contributed by atoms with E-state index in [1.54, 1.807) is 31.0 Å². The number of Topliss-reactive ketones (excluding diaryl/α,β-unsaturated/α-hetero) is 1. The Bertz CT molecular complexity index is 1190. The van der Waals surface area contributed by atoms with Gasteiger partial charge in [-0.2, -0.15) is 5.10 Å². The molecule has 1 aromatic carbocycles. The molecule has 1 unspecified atom stereocenters. The number of carbonyl (C=O) groups excluding carboxylic acids is 2. The number of rotatable bonds is 7. The Morgan fingerprint density at radius 2 is 2.06 bits per heavy atom. The van der Waals surface area contributed by atoms with Crippen LogP contribution in [0.3, 0.4) is 0 Å². The van der Waals surface area contributed by atoms with Gasteiger partial charge in [0.25, 0.3) is 0 Å². The fraction of sp³-hybridized carbons (Fsp3) is 0.375. The van der Waals surface area contributed by atoms with Crippen molar-refractivity contribution in [2.75, 3.05) is 13.6 Å². The predicted molar refractivity (Wildman–Crippen MR) is 128 cm³/mol. The molecule has 180 valence electrons. The smallest absolute Gasteiger partial charge is 0.221 e. The van der Waals surface area contributed by atoms with Gasteiger partial charge in [-0.1, -0.05) is 17.7 Å². The number of hydrogen-bond acceptors (Lipinski definition) is 5. The first-order chi connectivity index (χ1) is 16.3. The second kappa shape index (κ2) is 10.3. The van der Waals surface area contributed by atoms with Crippen LogP contribution in [0.1, 0.15) is 40.4 Å². The Labute approximate surface area is 205 Å². The minimum absolute atomic E-state index is 0.0290. The number of piperidine rings is 1. The maximum absolute atomic E-state index is 14.0. The van der Waals surface area contributed by atoms with Crippen LogP contribution in [0.15, 0.2) is 35.8 Å². The summed E-state index contributed by atoms with van der Waals surface area (Å²) in [5, 5.41) is 12.5. The zero-order valence-electron chi connectivity index (χ0n) is 18.8. The molecule has 6 nitrogen and oxygen atoms in total. The Balaban J connectivity index is 1.54. The normalized spacial score (nSPS) is 20.3. The number of benzene rings is 1. The van der Waals surface area contributed by atoms with E-state index in [0.29, 0.717) is 28.4 Å². The molecule has 0 radical (unpaired) electrons. The highest BCUT2D eigenvalue weighted by Gasteiger charge is 2.34. The van der Waals surface area contributed by atoms with Crippen LogP contribution in [-0.4, -0.2) is 41.1 Å². The summed E-state index contributed by atoms with van der Waals surface area (Å²) in [5.74, 6) is -2.29. The van der Waals surface area contributed by atoms with Crippen LogP contribution in [0.5, 0.6) is 0 Å². The Morgan fingerprint density at radius 3 is 2.74 bits per heavy atom. The van der Waals surface area contributed by atoms with E-state index < -0.39 is 11.6 Å². The molecule has 1 aliphatic heterocycles. The van der Waals surface area contributed by atoms with Crippen molar-refractivity contribution < 1.29 is 18.4 Å². The van der Waals surface area contributed by atoms with E-state index in [-0.39, 0.29) is 42.4 Å². The first-order valence-corrected chi connectivity index (χ1v) is 12.2. The molecule has 3 atom stereocenters. The standard InChI is InChI=1S/C24H25ClF2N4O2S/c1-28-23(33)9-16-8-17(13-3-4-19(26)20(27)5-13)14(10-29-16)6-21(32)22-7-15(12-34-22)24-18(25)11-30-31(24)2/h3-5,7,11-12,14,16-17,29H,6,8-10H2,1-2H3,(H,28,33)/t14-,16?,17+/m1/s1. The largest absolute Gasteiger partial charge is 0.359 e. The zero-order chi connectivity index (χ0) is 24.4. The number of aromatic nitrogens is 2. The number of thiophene rings is 1. The monoisotopic (exact) mass is 506 g/mol. The highest BCUT2D eigenvalue weighted by molar-refractivity contribution is 7.12. The van der Waals surface area contributed by atoms with Gasteiger partial charge in [0.05, 0.1) is 21.8 Å². The number of carbonyl (C=O) groups is 2. The van der Waals surface area contributed by atoms with Crippen LogP contribution < -0.4 is 10.6 Å². The lowest BCUT2D eigenvalue weighted by Crippen LogP contribution is -2.45. The quantitative estimate of drug-likeness (QED) is 0.461. The second-order valence-corrected chi connectivity index (χ2v) is 9.87. The second-order valence-electron chi connectivity index (χ2n) is 8.55. The van der Waals surface area contributed by atoms with Crippen molar-refractivity contribution in [2.45, 2.75) is 31.2 Å². The molecule has 1 amide bonds. The molecule has 2 aromatic heterocycles. The van der Waals surface area contributed by atoms with Gasteiger partial charge in [-0.05, 0) is 48.6 Å². The predicted octanol–water partition coefficient (Wildman–Crippen LogP) is 4.55. The van der Waals surface area contributed by atoms with E-state index in [2.05, 4.69) is 15.7 Å². The molecule has 0 bridgehead atoms. The lowest BCUT2D eigenvalue weighted by atomic mass is 9.75. The molecular formula is C24H25ClF2N4O2S. The summed E-state index contributed by atoms with van der Waals surface area (Å²) in [5.41, 5.74) is 2.20. The molecule has 0 aliphatic carbocycles. The Hall–Kier alpha value is -2.62. The molecule has 34 heavy (non-hydrogen) atoms. The third-order valence-electron chi connectivity index (χ3n) is 6.35. The maximum Gasteiger partial charge on any atom is 0.221 e. The molecule has 0 spiro atoms. The van der Waals surface area contributed by atoms with Crippen molar-refractivity contribution in [1.29, 1.82) is 0 Å². The van der Waals surface area contributed by atoms with Gasteiger partial charge in [-0.15, -0.1) is 11.3 Å². The number of halogens is 3. The van der Waals surface area contributed by atoms with Crippen LogP contribution in [0.4, 0.5) is 8.78 Å². The lowest BCUT2D eigenvalue weighted by Gasteiger charge is -2.37. The van der Waals surface area contributed by atoms with Gasteiger partial charge in [0.1, 0.15) is 0 Å². The van der Waals surface area contributed by atoms with Gasteiger partial charge in [-0.25, -0.2) is 8.78 Å². The van der Waals surface area contributed by atoms with Crippen molar-refractivity contribution in [3.05, 3.63) is 62.9 Å². The molecule has 3 aromatic rings. The van der Waals surface area contributed by atoms with E-state index in [0.717, 1.165) is 17.3 Å². The highest BCUT2D eigenvalue weighted by atomic mass is 35.5. The van der Waals surface area contributed by atoms with Crippen molar-refractivity contribution in [3.63, 3.8) is 0 Å². The van der Waals surface area contributed by atoms with E-state index >= 15 is 0 Å². The molecule has 10 heteroatoms. The van der Waals surface area contributed by atoms with Crippen molar-refractivity contribution >= 4 is 34.6 Å². The third kappa shape index (κ3) is 5.21. The van der Waals surface area contributed by atoms with Crippen LogP contribution in [-0.2, 0) is 11.8 Å². The summed E-state index contributed by atoms with van der Waals surface area (Å²) < 4.78 is 29.2. The van der Waals surface area contributed by atoms with Gasteiger partial charge in [0.2, 0.25) is 5.91 Å². The van der Waals surface area contributed by atoms with Gasteiger partial charge in [0.15, 0.2) is 17.4 Å². The zero-order valence-corrected chi connectivity index (χ0v) is 20.4. The SMILES string of the molecule is CNC(=O)CC1C[C@@H](c2ccc(F)c(F)c2)[C@H](CC(=O)c2cc(-c3c(Cl)cnn3C)cs2)CN1.